The fourth-order valence-electron chi connectivity index (χ4n) is 2.05. The summed E-state index contributed by atoms with van der Waals surface area (Å²) in [5, 5.41) is 2.34. The van der Waals surface area contributed by atoms with Gasteiger partial charge in [0, 0.05) is 16.0 Å². The molecule has 3 aromatic rings. The molecule has 19 heavy (non-hydrogen) atoms. The van der Waals surface area contributed by atoms with Crippen molar-refractivity contribution in [2.24, 2.45) is 0 Å². The second kappa shape index (κ2) is 5.22. The van der Waals surface area contributed by atoms with Crippen LogP contribution in [0.1, 0.15) is 11.1 Å². The first-order valence-electron chi connectivity index (χ1n) is 6.12. The highest BCUT2D eigenvalue weighted by molar-refractivity contribution is 7.80. The van der Waals surface area contributed by atoms with Gasteiger partial charge in [-0.2, -0.15) is 0 Å². The fraction of sp³-hybridized carbons (Fsp3) is 0. The number of benzene rings is 3. The van der Waals surface area contributed by atoms with Crippen molar-refractivity contribution in [3.63, 3.8) is 0 Å². The van der Waals surface area contributed by atoms with Crippen LogP contribution < -0.4 is 0 Å². The lowest BCUT2D eigenvalue weighted by Gasteiger charge is -2.03. The average molecular weight is 260 g/mol. The van der Waals surface area contributed by atoms with Gasteiger partial charge in [0.25, 0.3) is 0 Å². The van der Waals surface area contributed by atoms with Gasteiger partial charge in [0.15, 0.2) is 0 Å². The van der Waals surface area contributed by atoms with Crippen molar-refractivity contribution in [1.82, 2.24) is 0 Å². The lowest BCUT2D eigenvalue weighted by Crippen LogP contribution is -1.83. The Morgan fingerprint density at radius 1 is 0.684 bits per heavy atom. The van der Waals surface area contributed by atoms with E-state index in [0.717, 1.165) is 21.4 Å². The SMILES string of the molecule is Sc1ccc2ccccc2c1C#Cc1ccccc1. The molecular formula is C18H12S. The van der Waals surface area contributed by atoms with E-state index in [1.54, 1.807) is 0 Å². The van der Waals surface area contributed by atoms with Crippen LogP contribution in [-0.2, 0) is 0 Å². The third kappa shape index (κ3) is 2.50. The largest absolute Gasteiger partial charge is 0.142 e. The first kappa shape index (κ1) is 11.9. The van der Waals surface area contributed by atoms with E-state index in [0.29, 0.717) is 0 Å². The minimum absolute atomic E-state index is 0.919. The molecule has 0 radical (unpaired) electrons. The van der Waals surface area contributed by atoms with Crippen LogP contribution in [0.5, 0.6) is 0 Å². The van der Waals surface area contributed by atoms with Crippen molar-refractivity contribution < 1.29 is 0 Å². The Balaban J connectivity index is 2.16. The molecule has 3 rings (SSSR count). The Morgan fingerprint density at radius 2 is 1.42 bits per heavy atom. The van der Waals surface area contributed by atoms with Gasteiger partial charge in [0.2, 0.25) is 0 Å². The molecule has 0 fully saturated rings. The molecule has 0 amide bonds. The number of hydrogen-bond acceptors (Lipinski definition) is 1. The lowest BCUT2D eigenvalue weighted by molar-refractivity contribution is 1.47. The summed E-state index contributed by atoms with van der Waals surface area (Å²) in [6, 6.07) is 22.3. The molecule has 0 heterocycles. The van der Waals surface area contributed by atoms with Gasteiger partial charge in [-0.1, -0.05) is 60.4 Å². The summed E-state index contributed by atoms with van der Waals surface area (Å²) in [5.41, 5.74) is 2.01. The molecule has 1 heteroatoms. The number of fused-ring (bicyclic) bond motifs is 1. The molecule has 0 saturated heterocycles. The quantitative estimate of drug-likeness (QED) is 0.445. The summed E-state index contributed by atoms with van der Waals surface area (Å²) in [4.78, 5) is 0.919. The van der Waals surface area contributed by atoms with Crippen molar-refractivity contribution in [3.05, 3.63) is 77.9 Å². The van der Waals surface area contributed by atoms with Gasteiger partial charge in [0.05, 0.1) is 0 Å². The summed E-state index contributed by atoms with van der Waals surface area (Å²) in [5.74, 6) is 6.44. The van der Waals surface area contributed by atoms with Crippen LogP contribution in [0.15, 0.2) is 71.6 Å². The Labute approximate surface area is 118 Å². The van der Waals surface area contributed by atoms with E-state index in [4.69, 9.17) is 0 Å². The van der Waals surface area contributed by atoms with Crippen LogP contribution in [0.4, 0.5) is 0 Å². The minimum Gasteiger partial charge on any atom is -0.142 e. The van der Waals surface area contributed by atoms with Gasteiger partial charge in [-0.05, 0) is 29.0 Å². The average Bonchev–Trinajstić information content (AvgIpc) is 2.47. The zero-order valence-electron chi connectivity index (χ0n) is 10.3. The highest BCUT2D eigenvalue weighted by atomic mass is 32.1. The third-order valence-corrected chi connectivity index (χ3v) is 3.39. The Kier molecular flexibility index (Phi) is 3.27. The van der Waals surface area contributed by atoms with E-state index in [9.17, 15) is 0 Å². The van der Waals surface area contributed by atoms with Gasteiger partial charge in [-0.15, -0.1) is 12.6 Å². The Morgan fingerprint density at radius 3 is 2.26 bits per heavy atom. The predicted molar refractivity (Wildman–Crippen MR) is 83.6 cm³/mol. The minimum atomic E-state index is 0.919. The lowest BCUT2D eigenvalue weighted by atomic mass is 10.0. The molecule has 0 atom stereocenters. The molecule has 0 nitrogen and oxygen atoms in total. The van der Waals surface area contributed by atoms with Crippen molar-refractivity contribution in [3.8, 4) is 11.8 Å². The molecule has 0 aliphatic carbocycles. The molecule has 90 valence electrons. The normalized spacial score (nSPS) is 9.95. The van der Waals surface area contributed by atoms with Crippen molar-refractivity contribution in [1.29, 1.82) is 0 Å². The summed E-state index contributed by atoms with van der Waals surface area (Å²) >= 11 is 4.52. The maximum absolute atomic E-state index is 4.52. The zero-order chi connectivity index (χ0) is 13.1. The summed E-state index contributed by atoms with van der Waals surface area (Å²) in [6.45, 7) is 0. The Hall–Kier alpha value is -2.17. The summed E-state index contributed by atoms with van der Waals surface area (Å²) in [6.07, 6.45) is 0. The predicted octanol–water partition coefficient (Wildman–Crippen LogP) is 4.53. The maximum atomic E-state index is 4.52. The van der Waals surface area contributed by atoms with Crippen LogP contribution in [0.2, 0.25) is 0 Å². The van der Waals surface area contributed by atoms with E-state index in [2.05, 4.69) is 42.7 Å². The van der Waals surface area contributed by atoms with Crippen molar-refractivity contribution in [2.75, 3.05) is 0 Å². The maximum Gasteiger partial charge on any atom is 0.0460 e. The van der Waals surface area contributed by atoms with Crippen LogP contribution >= 0.6 is 12.6 Å². The third-order valence-electron chi connectivity index (χ3n) is 3.01. The molecule has 0 bridgehead atoms. The molecular weight excluding hydrogens is 248 g/mol. The number of rotatable bonds is 0. The molecule has 0 spiro atoms. The van der Waals surface area contributed by atoms with Gasteiger partial charge >= 0.3 is 0 Å². The van der Waals surface area contributed by atoms with Crippen molar-refractivity contribution in [2.45, 2.75) is 4.90 Å². The number of hydrogen-bond donors (Lipinski definition) is 1. The fourth-order valence-corrected chi connectivity index (χ4v) is 2.30. The van der Waals surface area contributed by atoms with E-state index < -0.39 is 0 Å². The standard InChI is InChI=1S/C18H12S/c19-18-13-11-15-8-4-5-9-16(15)17(18)12-10-14-6-2-1-3-7-14/h1-9,11,13,19H. The van der Waals surface area contributed by atoms with Gasteiger partial charge in [-0.25, -0.2) is 0 Å². The first-order valence-corrected chi connectivity index (χ1v) is 6.57. The number of thiol groups is 1. The van der Waals surface area contributed by atoms with E-state index in [1.165, 1.54) is 5.39 Å². The van der Waals surface area contributed by atoms with Crippen LogP contribution in [0, 0.1) is 11.8 Å². The van der Waals surface area contributed by atoms with Gasteiger partial charge < -0.3 is 0 Å². The second-order valence-electron chi connectivity index (χ2n) is 4.30. The second-order valence-corrected chi connectivity index (χ2v) is 4.78. The Bertz CT molecular complexity index is 777. The molecule has 0 saturated carbocycles. The smallest absolute Gasteiger partial charge is 0.0460 e. The first-order chi connectivity index (χ1) is 9.34. The summed E-state index contributed by atoms with van der Waals surface area (Å²) < 4.78 is 0. The van der Waals surface area contributed by atoms with E-state index >= 15 is 0 Å². The molecule has 0 unspecified atom stereocenters. The van der Waals surface area contributed by atoms with Gasteiger partial charge in [-0.3, -0.25) is 0 Å². The molecule has 0 aliphatic heterocycles. The van der Waals surface area contributed by atoms with Crippen LogP contribution in [0.25, 0.3) is 10.8 Å². The monoisotopic (exact) mass is 260 g/mol. The molecule has 0 aromatic heterocycles. The topological polar surface area (TPSA) is 0 Å². The van der Waals surface area contributed by atoms with E-state index in [1.807, 2.05) is 48.5 Å². The molecule has 0 N–H and O–H groups in total. The van der Waals surface area contributed by atoms with E-state index in [-0.39, 0.29) is 0 Å². The zero-order valence-corrected chi connectivity index (χ0v) is 11.2. The highest BCUT2D eigenvalue weighted by Crippen LogP contribution is 2.24. The van der Waals surface area contributed by atoms with Gasteiger partial charge in [0.1, 0.15) is 0 Å². The molecule has 3 aromatic carbocycles. The highest BCUT2D eigenvalue weighted by Gasteiger charge is 2.01. The van der Waals surface area contributed by atoms with Crippen molar-refractivity contribution >= 4 is 23.4 Å². The van der Waals surface area contributed by atoms with Crippen LogP contribution in [-0.4, -0.2) is 0 Å². The summed E-state index contributed by atoms with van der Waals surface area (Å²) in [7, 11) is 0. The van der Waals surface area contributed by atoms with Crippen LogP contribution in [0.3, 0.4) is 0 Å². The molecule has 0 aliphatic rings.